The lowest BCUT2D eigenvalue weighted by Crippen LogP contribution is -2.43. The average Bonchev–Trinajstić information content (AvgIpc) is 2.77. The lowest BCUT2D eigenvalue weighted by atomic mass is 10.0. The lowest BCUT2D eigenvalue weighted by molar-refractivity contribution is -0.122. The van der Waals surface area contributed by atoms with Crippen molar-refractivity contribution >= 4 is 17.6 Å². The maximum Gasteiger partial charge on any atom is 0.359 e. The molecule has 1 amide bonds. The Morgan fingerprint density at radius 1 is 1.07 bits per heavy atom. The molecular weight excluding hydrogens is 370 g/mol. The monoisotopic (exact) mass is 389 g/mol. The van der Waals surface area contributed by atoms with Crippen molar-refractivity contribution in [1.82, 2.24) is 9.97 Å². The number of carbonyl (C=O) groups is 2. The number of aryl methyl sites for hydroxylation is 1. The van der Waals surface area contributed by atoms with Crippen molar-refractivity contribution in [2.45, 2.75) is 13.0 Å². The molecule has 2 aromatic carbocycles. The van der Waals surface area contributed by atoms with Crippen molar-refractivity contribution in [3.8, 4) is 5.75 Å². The zero-order chi connectivity index (χ0) is 20.2. The van der Waals surface area contributed by atoms with Crippen molar-refractivity contribution < 1.29 is 19.1 Å². The summed E-state index contributed by atoms with van der Waals surface area (Å²) in [4.78, 5) is 34.9. The molecule has 0 fully saturated rings. The van der Waals surface area contributed by atoms with Crippen LogP contribution in [0.4, 0.5) is 5.69 Å². The molecule has 0 spiro atoms. The van der Waals surface area contributed by atoms with E-state index in [9.17, 15) is 9.59 Å². The first-order valence-electron chi connectivity index (χ1n) is 9.18. The lowest BCUT2D eigenvalue weighted by Gasteiger charge is -2.37. The molecule has 146 valence electrons. The Bertz CT molecular complexity index is 1020. The highest BCUT2D eigenvalue weighted by atomic mass is 16.5. The molecule has 1 aliphatic heterocycles. The maximum atomic E-state index is 13.1. The van der Waals surface area contributed by atoms with E-state index in [1.807, 2.05) is 54.6 Å². The first-order chi connectivity index (χ1) is 14.1. The fourth-order valence-corrected chi connectivity index (χ4v) is 3.19. The van der Waals surface area contributed by atoms with Crippen molar-refractivity contribution in [3.05, 3.63) is 83.9 Å². The summed E-state index contributed by atoms with van der Waals surface area (Å²) in [6.07, 6.45) is 2.81. The van der Waals surface area contributed by atoms with E-state index >= 15 is 0 Å². The number of benzene rings is 2. The molecule has 1 aliphatic rings. The normalized spacial score (nSPS) is 15.2. The molecule has 4 rings (SSSR count). The van der Waals surface area contributed by atoms with Crippen LogP contribution in [0.25, 0.3) is 0 Å². The maximum absolute atomic E-state index is 13.1. The highest BCUT2D eigenvalue weighted by molar-refractivity contribution is 5.98. The number of aromatic nitrogens is 2. The molecule has 29 heavy (non-hydrogen) atoms. The van der Waals surface area contributed by atoms with Crippen LogP contribution in [0.1, 0.15) is 27.8 Å². The minimum atomic E-state index is -0.691. The summed E-state index contributed by atoms with van der Waals surface area (Å²) in [5.41, 5.74) is 2.33. The molecule has 0 radical (unpaired) electrons. The van der Waals surface area contributed by atoms with Gasteiger partial charge in [0.1, 0.15) is 12.4 Å². The van der Waals surface area contributed by atoms with Crippen LogP contribution in [-0.2, 0) is 9.53 Å². The van der Waals surface area contributed by atoms with E-state index in [4.69, 9.17) is 9.47 Å². The Labute approximate surface area is 167 Å². The Kier molecular flexibility index (Phi) is 5.20. The van der Waals surface area contributed by atoms with Gasteiger partial charge in [0, 0.05) is 6.20 Å². The summed E-state index contributed by atoms with van der Waals surface area (Å²) in [6.45, 7) is 1.67. The third-order valence-electron chi connectivity index (χ3n) is 4.60. The number of fused-ring (bicyclic) bond motifs is 1. The van der Waals surface area contributed by atoms with Crippen LogP contribution in [0.2, 0.25) is 0 Å². The summed E-state index contributed by atoms with van der Waals surface area (Å²) < 4.78 is 11.1. The number of para-hydroxylation sites is 2. The Hall–Kier alpha value is -3.74. The summed E-state index contributed by atoms with van der Waals surface area (Å²) in [7, 11) is 0. The minimum Gasteiger partial charge on any atom is -0.489 e. The smallest absolute Gasteiger partial charge is 0.359 e. The number of anilines is 1. The second kappa shape index (κ2) is 8.10. The Morgan fingerprint density at radius 3 is 2.59 bits per heavy atom. The molecular formula is C22H19N3O4. The van der Waals surface area contributed by atoms with Gasteiger partial charge in [0.2, 0.25) is 0 Å². The van der Waals surface area contributed by atoms with Crippen LogP contribution in [0.15, 0.2) is 67.0 Å². The molecule has 3 aromatic rings. The van der Waals surface area contributed by atoms with E-state index in [2.05, 4.69) is 9.97 Å². The molecule has 1 unspecified atom stereocenters. The van der Waals surface area contributed by atoms with E-state index in [-0.39, 0.29) is 17.6 Å². The van der Waals surface area contributed by atoms with E-state index < -0.39 is 12.6 Å². The zero-order valence-corrected chi connectivity index (χ0v) is 15.8. The van der Waals surface area contributed by atoms with Crippen molar-refractivity contribution in [3.63, 3.8) is 0 Å². The first-order valence-corrected chi connectivity index (χ1v) is 9.18. The largest absolute Gasteiger partial charge is 0.489 e. The van der Waals surface area contributed by atoms with Crippen LogP contribution in [-0.4, -0.2) is 35.1 Å². The standard InChI is InChI=1S/C22H19N3O4/c1-15-11-24-17(12-23-15)22(27)29-14-21(26)25-18-9-5-6-10-20(18)28-13-19(25)16-7-3-2-4-8-16/h2-12,19H,13-14H2,1H3. The first kappa shape index (κ1) is 18.6. The molecule has 1 atom stereocenters. The second-order valence-corrected chi connectivity index (χ2v) is 6.59. The number of rotatable bonds is 4. The molecule has 7 heteroatoms. The summed E-state index contributed by atoms with van der Waals surface area (Å²) in [6, 6.07) is 16.6. The van der Waals surface area contributed by atoms with Crippen LogP contribution in [0.5, 0.6) is 5.75 Å². The van der Waals surface area contributed by atoms with Crippen molar-refractivity contribution in [2.24, 2.45) is 0 Å². The number of amides is 1. The van der Waals surface area contributed by atoms with Gasteiger partial charge >= 0.3 is 5.97 Å². The summed E-state index contributed by atoms with van der Waals surface area (Å²) >= 11 is 0. The molecule has 0 aliphatic carbocycles. The fourth-order valence-electron chi connectivity index (χ4n) is 3.19. The van der Waals surface area contributed by atoms with Crippen LogP contribution in [0, 0.1) is 6.92 Å². The molecule has 0 N–H and O–H groups in total. The third-order valence-corrected chi connectivity index (χ3v) is 4.60. The predicted molar refractivity (Wildman–Crippen MR) is 106 cm³/mol. The van der Waals surface area contributed by atoms with Crippen LogP contribution < -0.4 is 9.64 Å². The average molecular weight is 389 g/mol. The third kappa shape index (κ3) is 3.94. The number of nitrogens with zero attached hydrogens (tertiary/aromatic N) is 3. The summed E-state index contributed by atoms with van der Waals surface area (Å²) in [5, 5.41) is 0. The van der Waals surface area contributed by atoms with Gasteiger partial charge in [-0.15, -0.1) is 0 Å². The second-order valence-electron chi connectivity index (χ2n) is 6.59. The van der Waals surface area contributed by atoms with Crippen LogP contribution in [0.3, 0.4) is 0 Å². The predicted octanol–water partition coefficient (Wildman–Crippen LogP) is 3.11. The zero-order valence-electron chi connectivity index (χ0n) is 15.8. The molecule has 7 nitrogen and oxygen atoms in total. The van der Waals surface area contributed by atoms with Crippen LogP contribution >= 0.6 is 0 Å². The number of hydrogen-bond donors (Lipinski definition) is 0. The summed E-state index contributed by atoms with van der Waals surface area (Å²) in [5.74, 6) is -0.421. The van der Waals surface area contributed by atoms with Gasteiger partial charge in [-0.2, -0.15) is 0 Å². The van der Waals surface area contributed by atoms with Crippen molar-refractivity contribution in [1.29, 1.82) is 0 Å². The SMILES string of the molecule is Cc1cnc(C(=O)OCC(=O)N2c3ccccc3OCC2c2ccccc2)cn1. The van der Waals surface area contributed by atoms with E-state index in [1.54, 1.807) is 11.8 Å². The quantitative estimate of drug-likeness (QED) is 0.638. The topological polar surface area (TPSA) is 81.6 Å². The van der Waals surface area contributed by atoms with Gasteiger partial charge in [-0.25, -0.2) is 9.78 Å². The number of carbonyl (C=O) groups excluding carboxylic acids is 2. The van der Waals surface area contributed by atoms with Gasteiger partial charge in [-0.3, -0.25) is 14.7 Å². The molecule has 2 heterocycles. The highest BCUT2D eigenvalue weighted by Gasteiger charge is 2.33. The molecule has 1 aromatic heterocycles. The van der Waals surface area contributed by atoms with E-state index in [0.717, 1.165) is 5.56 Å². The van der Waals surface area contributed by atoms with Gasteiger partial charge in [0.15, 0.2) is 12.3 Å². The number of hydrogen-bond acceptors (Lipinski definition) is 6. The van der Waals surface area contributed by atoms with E-state index in [1.165, 1.54) is 12.4 Å². The Balaban J connectivity index is 1.56. The van der Waals surface area contributed by atoms with Gasteiger partial charge in [-0.1, -0.05) is 42.5 Å². The van der Waals surface area contributed by atoms with E-state index in [0.29, 0.717) is 23.7 Å². The number of ether oxygens (including phenoxy) is 2. The molecule has 0 bridgehead atoms. The van der Waals surface area contributed by atoms with Gasteiger partial charge in [-0.05, 0) is 24.6 Å². The Morgan fingerprint density at radius 2 is 1.83 bits per heavy atom. The highest BCUT2D eigenvalue weighted by Crippen LogP contribution is 2.39. The number of esters is 1. The fraction of sp³-hybridized carbons (Fsp3) is 0.182. The van der Waals surface area contributed by atoms with Gasteiger partial charge in [0.05, 0.1) is 23.6 Å². The van der Waals surface area contributed by atoms with Gasteiger partial charge in [0.25, 0.3) is 5.91 Å². The molecule has 0 saturated carbocycles. The van der Waals surface area contributed by atoms with Crippen molar-refractivity contribution in [2.75, 3.05) is 18.1 Å². The van der Waals surface area contributed by atoms with Gasteiger partial charge < -0.3 is 9.47 Å². The minimum absolute atomic E-state index is 0.0605. The molecule has 0 saturated heterocycles.